The van der Waals surface area contributed by atoms with Gasteiger partial charge in [-0.1, -0.05) is 35.2 Å². The molecule has 2 amide bonds. The van der Waals surface area contributed by atoms with Gasteiger partial charge in [0.25, 0.3) is 0 Å². The van der Waals surface area contributed by atoms with E-state index in [4.69, 9.17) is 9.57 Å². The molecule has 0 atom stereocenters. The number of alkyl carbamates (subject to hydrolysis) is 1. The highest BCUT2D eigenvalue weighted by Gasteiger charge is 2.05. The number of carbonyl (C=O) groups is 2. The van der Waals surface area contributed by atoms with Crippen molar-refractivity contribution in [3.63, 3.8) is 0 Å². The third-order valence-corrected chi connectivity index (χ3v) is 2.33. The zero-order valence-corrected chi connectivity index (χ0v) is 11.1. The molecule has 2 aromatic rings. The van der Waals surface area contributed by atoms with Gasteiger partial charge in [-0.05, 0) is 11.6 Å². The summed E-state index contributed by atoms with van der Waals surface area (Å²) in [5, 5.41) is 8.36. The van der Waals surface area contributed by atoms with E-state index in [1.165, 1.54) is 12.4 Å². The first-order valence-electron chi connectivity index (χ1n) is 6.14. The molecule has 110 valence electrons. The topological polar surface area (TPSA) is 94.5 Å². The Morgan fingerprint density at radius 1 is 1.10 bits per heavy atom. The molecule has 0 aliphatic carbocycles. The van der Waals surface area contributed by atoms with Crippen molar-refractivity contribution in [2.24, 2.45) is 0 Å². The van der Waals surface area contributed by atoms with Gasteiger partial charge >= 0.3 is 12.2 Å². The minimum Gasteiger partial charge on any atom is -0.445 e. The molecule has 0 bridgehead atoms. The van der Waals surface area contributed by atoms with Gasteiger partial charge in [0.05, 0.1) is 19.1 Å². The van der Waals surface area contributed by atoms with Crippen LogP contribution in [0.5, 0.6) is 0 Å². The second-order valence-electron chi connectivity index (χ2n) is 3.88. The second-order valence-corrected chi connectivity index (χ2v) is 3.88. The maximum atomic E-state index is 11.4. The first-order chi connectivity index (χ1) is 10.2. The maximum Gasteiger partial charge on any atom is 0.434 e. The van der Waals surface area contributed by atoms with Crippen LogP contribution in [0.2, 0.25) is 0 Å². The van der Waals surface area contributed by atoms with Gasteiger partial charge in [-0.3, -0.25) is 4.84 Å². The summed E-state index contributed by atoms with van der Waals surface area (Å²) in [5.74, 6) is 0. The molecule has 0 saturated carbocycles. The Bertz CT molecular complexity index is 571. The number of aromatic nitrogens is 2. The van der Waals surface area contributed by atoms with Crippen molar-refractivity contribution in [2.45, 2.75) is 6.61 Å². The van der Waals surface area contributed by atoms with Crippen LogP contribution in [-0.4, -0.2) is 28.8 Å². The zero-order valence-electron chi connectivity index (χ0n) is 11.1. The molecule has 0 radical (unpaired) electrons. The number of ether oxygens (including phenoxy) is 1. The number of nitrogens with zero attached hydrogens (tertiary/aromatic N) is 2. The maximum absolute atomic E-state index is 11.4. The standard InChI is InChI=1S/C13H14N4O4/c18-12(20-9-11-5-2-1-3-6-11)14-10-15-13(19)21-17-8-4-7-16-17/h1-8H,9-10H2,(H,14,18)(H,15,19). The van der Waals surface area contributed by atoms with Crippen molar-refractivity contribution in [3.05, 3.63) is 54.4 Å². The quantitative estimate of drug-likeness (QED) is 0.798. The first kappa shape index (κ1) is 14.4. The molecule has 8 heteroatoms. The lowest BCUT2D eigenvalue weighted by Crippen LogP contribution is -2.40. The van der Waals surface area contributed by atoms with Gasteiger partial charge in [-0.25, -0.2) is 9.59 Å². The highest BCUT2D eigenvalue weighted by molar-refractivity contribution is 5.70. The van der Waals surface area contributed by atoms with Crippen LogP contribution in [0.1, 0.15) is 5.56 Å². The van der Waals surface area contributed by atoms with E-state index in [-0.39, 0.29) is 13.3 Å². The minimum atomic E-state index is -0.748. The molecular formula is C13H14N4O4. The van der Waals surface area contributed by atoms with Crippen molar-refractivity contribution in [1.82, 2.24) is 20.6 Å². The monoisotopic (exact) mass is 290 g/mol. The fourth-order valence-electron chi connectivity index (χ4n) is 1.39. The van der Waals surface area contributed by atoms with Gasteiger partial charge in [0.15, 0.2) is 0 Å². The third-order valence-electron chi connectivity index (χ3n) is 2.33. The summed E-state index contributed by atoms with van der Waals surface area (Å²) < 4.78 is 4.96. The summed E-state index contributed by atoms with van der Waals surface area (Å²) in [4.78, 5) is 28.4. The van der Waals surface area contributed by atoms with E-state index in [0.717, 1.165) is 10.4 Å². The average molecular weight is 290 g/mol. The minimum absolute atomic E-state index is 0.117. The van der Waals surface area contributed by atoms with E-state index in [9.17, 15) is 9.59 Å². The van der Waals surface area contributed by atoms with E-state index in [0.29, 0.717) is 0 Å². The predicted octanol–water partition coefficient (Wildman–Crippen LogP) is 0.905. The molecule has 0 fully saturated rings. The summed E-state index contributed by atoms with van der Waals surface area (Å²) in [6, 6.07) is 10.9. The highest BCUT2D eigenvalue weighted by Crippen LogP contribution is 2.00. The van der Waals surface area contributed by atoms with Crippen molar-refractivity contribution < 1.29 is 19.2 Å². The van der Waals surface area contributed by atoms with Crippen molar-refractivity contribution >= 4 is 12.2 Å². The molecule has 0 spiro atoms. The summed E-state index contributed by atoms with van der Waals surface area (Å²) >= 11 is 0. The highest BCUT2D eigenvalue weighted by atomic mass is 16.7. The number of hydrogen-bond donors (Lipinski definition) is 2. The third kappa shape index (κ3) is 5.23. The Hall–Kier alpha value is -3.03. The van der Waals surface area contributed by atoms with E-state index in [2.05, 4.69) is 15.7 Å². The molecule has 0 saturated heterocycles. The number of carbonyl (C=O) groups excluding carboxylic acids is 2. The lowest BCUT2D eigenvalue weighted by Gasteiger charge is -2.08. The molecule has 2 N–H and O–H groups in total. The van der Waals surface area contributed by atoms with Gasteiger partial charge in [-0.2, -0.15) is 0 Å². The van der Waals surface area contributed by atoms with Gasteiger partial charge < -0.3 is 15.4 Å². The number of rotatable bonds is 5. The molecule has 1 aromatic carbocycles. The lowest BCUT2D eigenvalue weighted by atomic mass is 10.2. The molecule has 2 rings (SSSR count). The van der Waals surface area contributed by atoms with Crippen LogP contribution in [-0.2, 0) is 11.3 Å². The van der Waals surface area contributed by atoms with Crippen LogP contribution < -0.4 is 15.5 Å². The largest absolute Gasteiger partial charge is 0.445 e. The second kappa shape index (κ2) is 7.53. The van der Waals surface area contributed by atoms with Crippen molar-refractivity contribution in [3.8, 4) is 0 Å². The normalized spacial score (nSPS) is 9.71. The van der Waals surface area contributed by atoms with Gasteiger partial charge in [0.2, 0.25) is 0 Å². The van der Waals surface area contributed by atoms with Crippen LogP contribution in [0.15, 0.2) is 48.8 Å². The smallest absolute Gasteiger partial charge is 0.434 e. The van der Waals surface area contributed by atoms with Gasteiger partial charge in [-0.15, -0.1) is 5.10 Å². The summed E-state index contributed by atoms with van der Waals surface area (Å²) in [7, 11) is 0. The fraction of sp³-hybridized carbons (Fsp3) is 0.154. The van der Waals surface area contributed by atoms with E-state index < -0.39 is 12.2 Å². The SMILES string of the molecule is O=C(NCNC(=O)On1cccn1)OCc1ccccc1. The Labute approximate surface area is 120 Å². The number of hydrogen-bond acceptors (Lipinski definition) is 5. The Morgan fingerprint density at radius 3 is 2.57 bits per heavy atom. The number of amides is 2. The molecule has 0 aliphatic heterocycles. The molecule has 8 nitrogen and oxygen atoms in total. The average Bonchev–Trinajstić information content (AvgIpc) is 2.99. The molecule has 0 aliphatic rings. The Morgan fingerprint density at radius 2 is 1.86 bits per heavy atom. The van der Waals surface area contributed by atoms with Crippen molar-refractivity contribution in [2.75, 3.05) is 6.67 Å². The van der Waals surface area contributed by atoms with Crippen LogP contribution in [0.3, 0.4) is 0 Å². The van der Waals surface area contributed by atoms with Crippen LogP contribution in [0, 0.1) is 0 Å². The van der Waals surface area contributed by atoms with Crippen LogP contribution in [0.25, 0.3) is 0 Å². The summed E-state index contributed by atoms with van der Waals surface area (Å²) in [6.45, 7) is 0.0398. The van der Waals surface area contributed by atoms with Crippen LogP contribution in [0.4, 0.5) is 9.59 Å². The Kier molecular flexibility index (Phi) is 5.16. The molecule has 1 aromatic heterocycles. The van der Waals surface area contributed by atoms with Crippen LogP contribution >= 0.6 is 0 Å². The summed E-state index contributed by atoms with van der Waals surface area (Å²) in [6.07, 6.45) is 1.54. The molecule has 0 unspecified atom stereocenters. The number of benzene rings is 1. The van der Waals surface area contributed by atoms with Gasteiger partial charge in [0.1, 0.15) is 6.61 Å². The lowest BCUT2D eigenvalue weighted by molar-refractivity contribution is 0.114. The summed E-state index contributed by atoms with van der Waals surface area (Å²) in [5.41, 5.74) is 0.874. The first-order valence-corrected chi connectivity index (χ1v) is 6.14. The molecule has 1 heterocycles. The molecular weight excluding hydrogens is 276 g/mol. The van der Waals surface area contributed by atoms with E-state index in [1.807, 2.05) is 30.3 Å². The van der Waals surface area contributed by atoms with Crippen molar-refractivity contribution in [1.29, 1.82) is 0 Å². The fourth-order valence-corrected chi connectivity index (χ4v) is 1.39. The Balaban J connectivity index is 1.59. The zero-order chi connectivity index (χ0) is 14.9. The van der Waals surface area contributed by atoms with E-state index >= 15 is 0 Å². The van der Waals surface area contributed by atoms with E-state index in [1.54, 1.807) is 6.07 Å². The predicted molar refractivity (Wildman–Crippen MR) is 72.0 cm³/mol. The number of nitrogens with one attached hydrogen (secondary N) is 2. The molecule has 21 heavy (non-hydrogen) atoms. The van der Waals surface area contributed by atoms with Gasteiger partial charge in [0, 0.05) is 0 Å².